The average molecular weight is 210 g/mol. The lowest BCUT2D eigenvalue weighted by Gasteiger charge is -2.07. The minimum atomic E-state index is -0.102. The van der Waals surface area contributed by atoms with Gasteiger partial charge in [-0.15, -0.1) is 0 Å². The molecule has 14 heavy (non-hydrogen) atoms. The monoisotopic (exact) mass is 209 g/mol. The van der Waals surface area contributed by atoms with Gasteiger partial charge in [0.1, 0.15) is 6.61 Å². The maximum Gasteiger partial charge on any atom is 0.216 e. The van der Waals surface area contributed by atoms with Crippen LogP contribution in [0, 0.1) is 0 Å². The molecule has 0 amide bonds. The summed E-state index contributed by atoms with van der Waals surface area (Å²) in [5.41, 5.74) is 0.884. The normalized spacial score (nSPS) is 18.9. The van der Waals surface area contributed by atoms with Gasteiger partial charge in [-0.3, -0.25) is 0 Å². The summed E-state index contributed by atoms with van der Waals surface area (Å²) >= 11 is 5.79. The van der Waals surface area contributed by atoms with Crippen LogP contribution in [0.25, 0.3) is 0 Å². The van der Waals surface area contributed by atoms with E-state index in [4.69, 9.17) is 16.3 Å². The topological polar surface area (TPSA) is 21.6 Å². The second kappa shape index (κ2) is 3.28. The third-order valence-corrected chi connectivity index (χ3v) is 2.31. The van der Waals surface area contributed by atoms with Crippen molar-refractivity contribution < 1.29 is 4.74 Å². The summed E-state index contributed by atoms with van der Waals surface area (Å²) in [5.74, 6) is 0.715. The predicted molar refractivity (Wildman–Crippen MR) is 58.0 cm³/mol. The van der Waals surface area contributed by atoms with Crippen molar-refractivity contribution in [2.75, 3.05) is 6.61 Å². The predicted octanol–water partition coefficient (Wildman–Crippen LogP) is 2.90. The fraction of sp³-hybridized carbons (Fsp3) is 0.364. The zero-order valence-corrected chi connectivity index (χ0v) is 9.01. The summed E-state index contributed by atoms with van der Waals surface area (Å²) in [6, 6.07) is 7.52. The third-order valence-electron chi connectivity index (χ3n) is 2.06. The van der Waals surface area contributed by atoms with E-state index in [-0.39, 0.29) is 5.54 Å². The van der Waals surface area contributed by atoms with Gasteiger partial charge in [-0.25, -0.2) is 4.99 Å². The molecule has 2 rings (SSSR count). The lowest BCUT2D eigenvalue weighted by atomic mass is 10.1. The van der Waals surface area contributed by atoms with Crippen LogP contribution in [0.2, 0.25) is 5.02 Å². The maximum absolute atomic E-state index is 5.79. The van der Waals surface area contributed by atoms with E-state index in [9.17, 15) is 0 Å². The zero-order valence-electron chi connectivity index (χ0n) is 8.25. The van der Waals surface area contributed by atoms with Crippen molar-refractivity contribution in [1.29, 1.82) is 0 Å². The van der Waals surface area contributed by atoms with E-state index in [0.29, 0.717) is 12.5 Å². The van der Waals surface area contributed by atoms with Crippen LogP contribution < -0.4 is 0 Å². The molecule has 2 nitrogen and oxygen atoms in total. The minimum Gasteiger partial charge on any atom is -0.475 e. The Kier molecular flexibility index (Phi) is 2.23. The Balaban J connectivity index is 2.29. The number of rotatable bonds is 1. The Labute approximate surface area is 88.6 Å². The van der Waals surface area contributed by atoms with Crippen LogP contribution in [-0.2, 0) is 4.74 Å². The van der Waals surface area contributed by atoms with Gasteiger partial charge in [0.15, 0.2) is 0 Å². The van der Waals surface area contributed by atoms with Crippen molar-refractivity contribution in [2.45, 2.75) is 19.4 Å². The van der Waals surface area contributed by atoms with Gasteiger partial charge >= 0.3 is 0 Å². The van der Waals surface area contributed by atoms with Gasteiger partial charge in [0.05, 0.1) is 5.54 Å². The number of hydrogen-bond acceptors (Lipinski definition) is 2. The van der Waals surface area contributed by atoms with Crippen molar-refractivity contribution in [1.82, 2.24) is 0 Å². The smallest absolute Gasteiger partial charge is 0.216 e. The first kappa shape index (κ1) is 9.53. The van der Waals surface area contributed by atoms with Crippen LogP contribution >= 0.6 is 11.6 Å². The van der Waals surface area contributed by atoms with E-state index < -0.39 is 0 Å². The van der Waals surface area contributed by atoms with Gasteiger partial charge in [-0.05, 0) is 38.1 Å². The summed E-state index contributed by atoms with van der Waals surface area (Å²) < 4.78 is 5.50. The lowest BCUT2D eigenvalue weighted by Crippen LogP contribution is -2.17. The van der Waals surface area contributed by atoms with Gasteiger partial charge in [-0.2, -0.15) is 0 Å². The highest BCUT2D eigenvalue weighted by molar-refractivity contribution is 6.30. The van der Waals surface area contributed by atoms with Gasteiger partial charge in [0.2, 0.25) is 5.90 Å². The molecule has 0 fully saturated rings. The number of benzene rings is 1. The highest BCUT2D eigenvalue weighted by atomic mass is 35.5. The highest BCUT2D eigenvalue weighted by Crippen LogP contribution is 2.21. The molecule has 0 saturated heterocycles. The van der Waals surface area contributed by atoms with Gasteiger partial charge in [-0.1, -0.05) is 11.6 Å². The molecule has 0 aromatic heterocycles. The van der Waals surface area contributed by atoms with Crippen LogP contribution in [0.1, 0.15) is 19.4 Å². The molecular weight excluding hydrogens is 198 g/mol. The molecule has 0 atom stereocenters. The largest absolute Gasteiger partial charge is 0.475 e. The second-order valence-electron chi connectivity index (χ2n) is 4.02. The van der Waals surface area contributed by atoms with Crippen molar-refractivity contribution in [3.8, 4) is 0 Å². The Bertz CT molecular complexity index is 367. The van der Waals surface area contributed by atoms with E-state index in [0.717, 1.165) is 10.6 Å². The van der Waals surface area contributed by atoms with E-state index in [1.807, 2.05) is 24.3 Å². The van der Waals surface area contributed by atoms with E-state index in [1.165, 1.54) is 0 Å². The molecule has 1 aromatic carbocycles. The molecule has 0 spiro atoms. The van der Waals surface area contributed by atoms with E-state index in [1.54, 1.807) is 0 Å². The first-order valence-electron chi connectivity index (χ1n) is 4.55. The fourth-order valence-electron chi connectivity index (χ4n) is 1.32. The third kappa shape index (κ3) is 1.90. The number of ether oxygens (including phenoxy) is 1. The van der Waals surface area contributed by atoms with E-state index in [2.05, 4.69) is 18.8 Å². The van der Waals surface area contributed by atoms with Gasteiger partial charge in [0.25, 0.3) is 0 Å². The first-order chi connectivity index (χ1) is 6.57. The molecule has 1 aliphatic heterocycles. The van der Waals surface area contributed by atoms with Crippen LogP contribution in [0.3, 0.4) is 0 Å². The standard InChI is InChI=1S/C11H12ClNO/c1-11(2)7-14-10(13-11)8-3-5-9(12)6-4-8/h3-6H,7H2,1-2H3. The Morgan fingerprint density at radius 3 is 2.43 bits per heavy atom. The summed E-state index contributed by atoms with van der Waals surface area (Å²) in [6.45, 7) is 4.75. The fourth-order valence-corrected chi connectivity index (χ4v) is 1.45. The van der Waals surface area contributed by atoms with Crippen LogP contribution in [0.15, 0.2) is 29.3 Å². The SMILES string of the molecule is CC1(C)COC(c2ccc(Cl)cc2)=N1. The molecule has 0 N–H and O–H groups in total. The molecular formula is C11H12ClNO. The molecule has 1 heterocycles. The molecule has 74 valence electrons. The minimum absolute atomic E-state index is 0.102. The Morgan fingerprint density at radius 1 is 1.29 bits per heavy atom. The highest BCUT2D eigenvalue weighted by Gasteiger charge is 2.26. The van der Waals surface area contributed by atoms with Crippen molar-refractivity contribution in [3.05, 3.63) is 34.9 Å². The molecule has 0 aliphatic carbocycles. The molecule has 0 bridgehead atoms. The Hall–Kier alpha value is -1.02. The zero-order chi connectivity index (χ0) is 10.2. The van der Waals surface area contributed by atoms with Crippen LogP contribution in [0.5, 0.6) is 0 Å². The molecule has 0 radical (unpaired) electrons. The molecule has 1 aliphatic rings. The lowest BCUT2D eigenvalue weighted by molar-refractivity contribution is 0.279. The number of halogens is 1. The summed E-state index contributed by atoms with van der Waals surface area (Å²) in [6.07, 6.45) is 0. The average Bonchev–Trinajstić information content (AvgIpc) is 2.47. The number of nitrogens with zero attached hydrogens (tertiary/aromatic N) is 1. The Morgan fingerprint density at radius 2 is 1.93 bits per heavy atom. The van der Waals surface area contributed by atoms with Crippen molar-refractivity contribution >= 4 is 17.5 Å². The van der Waals surface area contributed by atoms with Crippen molar-refractivity contribution in [3.63, 3.8) is 0 Å². The summed E-state index contributed by atoms with van der Waals surface area (Å²) in [5, 5.41) is 0.728. The molecule has 1 aromatic rings. The van der Waals surface area contributed by atoms with Gasteiger partial charge < -0.3 is 4.74 Å². The number of aliphatic imine (C=N–C) groups is 1. The second-order valence-corrected chi connectivity index (χ2v) is 4.46. The summed E-state index contributed by atoms with van der Waals surface area (Å²) in [4.78, 5) is 4.47. The molecule has 0 saturated carbocycles. The molecule has 3 heteroatoms. The molecule has 0 unspecified atom stereocenters. The number of hydrogen-bond donors (Lipinski definition) is 0. The first-order valence-corrected chi connectivity index (χ1v) is 4.93. The summed E-state index contributed by atoms with van der Waals surface area (Å²) in [7, 11) is 0. The van der Waals surface area contributed by atoms with E-state index >= 15 is 0 Å². The van der Waals surface area contributed by atoms with Crippen LogP contribution in [0.4, 0.5) is 0 Å². The van der Waals surface area contributed by atoms with Crippen LogP contribution in [-0.4, -0.2) is 18.0 Å². The maximum atomic E-state index is 5.79. The quantitative estimate of drug-likeness (QED) is 0.697. The van der Waals surface area contributed by atoms with Gasteiger partial charge in [0, 0.05) is 10.6 Å². The van der Waals surface area contributed by atoms with Crippen molar-refractivity contribution in [2.24, 2.45) is 4.99 Å².